The quantitative estimate of drug-likeness (QED) is 0.125. The first-order valence-electron chi connectivity index (χ1n) is 12.5. The Labute approximate surface area is 217 Å². The van der Waals surface area contributed by atoms with E-state index in [1.54, 1.807) is 12.1 Å². The highest BCUT2D eigenvalue weighted by atomic mass is 16.5. The number of fused-ring (bicyclic) bond motifs is 3. The lowest BCUT2D eigenvalue weighted by Gasteiger charge is -2.09. The van der Waals surface area contributed by atoms with E-state index in [0.717, 1.165) is 52.0 Å². The molecule has 0 aromatic heterocycles. The summed E-state index contributed by atoms with van der Waals surface area (Å²) >= 11 is 0. The van der Waals surface area contributed by atoms with Crippen molar-refractivity contribution in [1.82, 2.24) is 0 Å². The molecule has 0 radical (unpaired) electrons. The lowest BCUT2D eigenvalue weighted by Crippen LogP contribution is -2.08. The Morgan fingerprint density at radius 3 is 2.11 bits per heavy atom. The normalized spacial score (nSPS) is 11.4. The lowest BCUT2D eigenvalue weighted by atomic mass is 10.0. The van der Waals surface area contributed by atoms with Crippen LogP contribution in [0.3, 0.4) is 0 Å². The predicted molar refractivity (Wildman–Crippen MR) is 146 cm³/mol. The van der Waals surface area contributed by atoms with Crippen LogP contribution in [0.1, 0.15) is 40.4 Å². The van der Waals surface area contributed by atoms with Gasteiger partial charge in [0.15, 0.2) is 5.78 Å². The van der Waals surface area contributed by atoms with Gasteiger partial charge in [-0.25, -0.2) is 4.79 Å². The van der Waals surface area contributed by atoms with Crippen LogP contribution in [-0.2, 0) is 17.6 Å². The molecule has 4 heteroatoms. The van der Waals surface area contributed by atoms with Gasteiger partial charge in [0.2, 0.25) is 0 Å². The number of carbonyl (C=O) groups excluding carboxylic acids is 2. The summed E-state index contributed by atoms with van der Waals surface area (Å²) in [6, 6.07) is 27.3. The molecule has 4 nitrogen and oxygen atoms in total. The van der Waals surface area contributed by atoms with E-state index in [0.29, 0.717) is 24.3 Å². The van der Waals surface area contributed by atoms with Gasteiger partial charge in [0.05, 0.1) is 12.2 Å². The van der Waals surface area contributed by atoms with Crippen LogP contribution >= 0.6 is 0 Å². The third kappa shape index (κ3) is 5.39. The number of allylic oxidation sites excluding steroid dienone is 1. The first kappa shape index (κ1) is 24.3. The summed E-state index contributed by atoms with van der Waals surface area (Å²) in [5.41, 5.74) is 8.11. The molecule has 0 saturated carbocycles. The number of hydrogen-bond donors (Lipinski definition) is 0. The summed E-state index contributed by atoms with van der Waals surface area (Å²) in [7, 11) is 0. The Morgan fingerprint density at radius 2 is 1.43 bits per heavy atom. The van der Waals surface area contributed by atoms with Gasteiger partial charge >= 0.3 is 5.97 Å². The van der Waals surface area contributed by atoms with Crippen LogP contribution in [0.5, 0.6) is 11.5 Å². The van der Waals surface area contributed by atoms with Crippen LogP contribution in [-0.4, -0.2) is 18.4 Å². The molecule has 0 fully saturated rings. The average molecular weight is 489 g/mol. The highest BCUT2D eigenvalue weighted by Gasteiger charge is 2.20. The monoisotopic (exact) mass is 488 g/mol. The molecule has 0 unspecified atom stereocenters. The van der Waals surface area contributed by atoms with Crippen molar-refractivity contribution in [3.05, 3.63) is 120 Å². The van der Waals surface area contributed by atoms with E-state index in [9.17, 15) is 9.59 Å². The van der Waals surface area contributed by atoms with E-state index in [1.807, 2.05) is 60.7 Å². The molecule has 0 amide bonds. The number of esters is 1. The summed E-state index contributed by atoms with van der Waals surface area (Å²) in [4.78, 5) is 24.5. The molecule has 0 atom stereocenters. The summed E-state index contributed by atoms with van der Waals surface area (Å²) in [6.45, 7) is 6.33. The minimum atomic E-state index is -0.393. The molecule has 4 aromatic carbocycles. The summed E-state index contributed by atoms with van der Waals surface area (Å²) < 4.78 is 11.3. The van der Waals surface area contributed by atoms with Gasteiger partial charge in [0.25, 0.3) is 0 Å². The molecule has 0 heterocycles. The summed E-state index contributed by atoms with van der Waals surface area (Å²) in [6.07, 6.45) is 3.42. The fourth-order valence-electron chi connectivity index (χ4n) is 4.62. The third-order valence-corrected chi connectivity index (χ3v) is 6.52. The molecule has 1 aliphatic rings. The second-order valence-electron chi connectivity index (χ2n) is 9.17. The van der Waals surface area contributed by atoms with E-state index < -0.39 is 5.97 Å². The average Bonchev–Trinajstić information content (AvgIpc) is 3.29. The van der Waals surface area contributed by atoms with Crippen molar-refractivity contribution in [3.63, 3.8) is 0 Å². The molecule has 0 N–H and O–H groups in total. The van der Waals surface area contributed by atoms with Crippen LogP contribution < -0.4 is 9.47 Å². The molecule has 184 valence electrons. The first-order chi connectivity index (χ1) is 18.0. The van der Waals surface area contributed by atoms with E-state index in [1.165, 1.54) is 11.6 Å². The Bertz CT molecular complexity index is 1460. The smallest absolute Gasteiger partial charge is 0.343 e. The molecule has 37 heavy (non-hydrogen) atoms. The highest BCUT2D eigenvalue weighted by Crippen LogP contribution is 2.39. The zero-order valence-electron chi connectivity index (χ0n) is 20.8. The molecule has 4 aromatic rings. The minimum absolute atomic E-state index is 0.00704. The Hall–Kier alpha value is -4.44. The van der Waals surface area contributed by atoms with Gasteiger partial charge in [-0.05, 0) is 94.3 Å². The van der Waals surface area contributed by atoms with Crippen molar-refractivity contribution in [2.45, 2.75) is 26.2 Å². The fourth-order valence-corrected chi connectivity index (χ4v) is 4.62. The minimum Gasteiger partial charge on any atom is -0.494 e. The molecule has 0 spiro atoms. The van der Waals surface area contributed by atoms with Crippen molar-refractivity contribution in [1.29, 1.82) is 0 Å². The van der Waals surface area contributed by atoms with Crippen molar-refractivity contribution >= 4 is 11.8 Å². The Morgan fingerprint density at radius 1 is 0.811 bits per heavy atom. The maximum Gasteiger partial charge on any atom is 0.343 e. The molecule has 5 rings (SSSR count). The maximum atomic E-state index is 12.8. The van der Waals surface area contributed by atoms with Gasteiger partial charge in [0, 0.05) is 6.42 Å². The topological polar surface area (TPSA) is 52.6 Å². The number of carbonyl (C=O) groups is 2. The van der Waals surface area contributed by atoms with Gasteiger partial charge in [-0.3, -0.25) is 4.79 Å². The fraction of sp³-hybridized carbons (Fsp3) is 0.152. The first-order valence-corrected chi connectivity index (χ1v) is 12.5. The largest absolute Gasteiger partial charge is 0.494 e. The van der Waals surface area contributed by atoms with Crippen molar-refractivity contribution < 1.29 is 19.1 Å². The Kier molecular flexibility index (Phi) is 7.00. The van der Waals surface area contributed by atoms with Crippen LogP contribution in [0.15, 0.2) is 97.6 Å². The van der Waals surface area contributed by atoms with Crippen molar-refractivity contribution in [2.24, 2.45) is 0 Å². The standard InChI is InChI=1S/C33H28O4/c1-3-17-36-29-12-10-24(11-13-29)23-6-8-25(9-7-23)33(35)37-30-14-16-32-27(21-30)20-26-18-22(5-15-31(26)32)19-28(34)4-2/h4-16,18,21H,2-3,17,19-20H2,1H3. The molecular weight excluding hydrogens is 460 g/mol. The molecule has 1 aliphatic carbocycles. The van der Waals surface area contributed by atoms with Crippen LogP contribution in [0.25, 0.3) is 22.3 Å². The second kappa shape index (κ2) is 10.7. The second-order valence-corrected chi connectivity index (χ2v) is 9.17. The SMILES string of the molecule is C=CC(=O)Cc1ccc2c(c1)Cc1cc(OC(=O)c3ccc(-c4ccc(OCCC)cc4)cc3)ccc1-2. The van der Waals surface area contributed by atoms with Gasteiger partial charge < -0.3 is 9.47 Å². The highest BCUT2D eigenvalue weighted by molar-refractivity contribution is 5.92. The maximum absolute atomic E-state index is 12.8. The van der Waals surface area contributed by atoms with E-state index in [4.69, 9.17) is 9.47 Å². The number of ketones is 1. The van der Waals surface area contributed by atoms with Gasteiger partial charge in [0.1, 0.15) is 11.5 Å². The van der Waals surface area contributed by atoms with Crippen LogP contribution in [0.2, 0.25) is 0 Å². The summed E-state index contributed by atoms with van der Waals surface area (Å²) in [5, 5.41) is 0. The number of benzene rings is 4. The third-order valence-electron chi connectivity index (χ3n) is 6.52. The van der Waals surface area contributed by atoms with E-state index in [2.05, 4.69) is 25.6 Å². The van der Waals surface area contributed by atoms with Crippen molar-refractivity contribution in [2.75, 3.05) is 6.61 Å². The van der Waals surface area contributed by atoms with Crippen LogP contribution in [0, 0.1) is 0 Å². The van der Waals surface area contributed by atoms with E-state index in [-0.39, 0.29) is 5.78 Å². The van der Waals surface area contributed by atoms with Gasteiger partial charge in [-0.1, -0.05) is 62.0 Å². The van der Waals surface area contributed by atoms with E-state index >= 15 is 0 Å². The number of ether oxygens (including phenoxy) is 2. The zero-order chi connectivity index (χ0) is 25.8. The van der Waals surface area contributed by atoms with Crippen LogP contribution in [0.4, 0.5) is 0 Å². The summed E-state index contributed by atoms with van der Waals surface area (Å²) in [5.74, 6) is 0.986. The number of rotatable bonds is 9. The van der Waals surface area contributed by atoms with Crippen molar-refractivity contribution in [3.8, 4) is 33.8 Å². The number of hydrogen-bond acceptors (Lipinski definition) is 4. The Balaban J connectivity index is 1.25. The molecule has 0 saturated heterocycles. The van der Waals surface area contributed by atoms with Gasteiger partial charge in [-0.2, -0.15) is 0 Å². The predicted octanol–water partition coefficient (Wildman–Crippen LogP) is 7.23. The lowest BCUT2D eigenvalue weighted by molar-refractivity contribution is -0.114. The molecule has 0 aliphatic heterocycles. The molecular formula is C33H28O4. The molecule has 0 bridgehead atoms. The zero-order valence-corrected chi connectivity index (χ0v) is 20.8. The van der Waals surface area contributed by atoms with Gasteiger partial charge in [-0.15, -0.1) is 0 Å².